The molecule has 1 aromatic carbocycles. The van der Waals surface area contributed by atoms with E-state index in [-0.39, 0.29) is 17.8 Å². The van der Waals surface area contributed by atoms with Crippen LogP contribution in [0.25, 0.3) is 0 Å². The highest BCUT2D eigenvalue weighted by Crippen LogP contribution is 2.29. The summed E-state index contributed by atoms with van der Waals surface area (Å²) in [6, 6.07) is 9.33. The van der Waals surface area contributed by atoms with Crippen molar-refractivity contribution >= 4 is 11.6 Å². The largest absolute Gasteiger partial charge is 0.476 e. The first-order valence-electron chi connectivity index (χ1n) is 7.25. The number of anilines is 1. The van der Waals surface area contributed by atoms with Gasteiger partial charge in [0.15, 0.2) is 0 Å². The summed E-state index contributed by atoms with van der Waals surface area (Å²) in [4.78, 5) is 14.4. The Morgan fingerprint density at radius 3 is 3.05 bits per heavy atom. The van der Waals surface area contributed by atoms with Crippen molar-refractivity contribution in [3.05, 3.63) is 41.7 Å². The van der Waals surface area contributed by atoms with Gasteiger partial charge in [-0.25, -0.2) is 0 Å². The molecule has 0 bridgehead atoms. The molecule has 0 N–H and O–H groups in total. The third-order valence-electron chi connectivity index (χ3n) is 3.69. The highest BCUT2D eigenvalue weighted by Gasteiger charge is 2.31. The number of ether oxygens (including phenoxy) is 2. The van der Waals surface area contributed by atoms with E-state index in [9.17, 15) is 4.79 Å². The molecule has 0 radical (unpaired) electrons. The number of hydrogen-bond donors (Lipinski definition) is 0. The maximum Gasteiger partial charge on any atom is 0.297 e. The topological polar surface area (TPSA) is 64.8 Å². The lowest BCUT2D eigenvalue weighted by molar-refractivity contribution is 0.0844. The zero-order valence-corrected chi connectivity index (χ0v) is 12.6. The van der Waals surface area contributed by atoms with E-state index in [1.807, 2.05) is 31.2 Å². The van der Waals surface area contributed by atoms with Crippen LogP contribution in [0.1, 0.15) is 23.0 Å². The first-order valence-corrected chi connectivity index (χ1v) is 7.25. The molecule has 22 heavy (non-hydrogen) atoms. The van der Waals surface area contributed by atoms with Gasteiger partial charge in [-0.15, -0.1) is 0 Å². The zero-order valence-electron chi connectivity index (χ0n) is 12.6. The normalized spacial score (nSPS) is 17.2. The van der Waals surface area contributed by atoms with Crippen molar-refractivity contribution < 1.29 is 18.8 Å². The van der Waals surface area contributed by atoms with Crippen molar-refractivity contribution in [1.29, 1.82) is 0 Å². The molecule has 116 valence electrons. The Bertz CT molecular complexity index is 668. The summed E-state index contributed by atoms with van der Waals surface area (Å²) < 4.78 is 15.8. The molecule has 0 fully saturated rings. The van der Waals surface area contributed by atoms with Gasteiger partial charge in [0.05, 0.1) is 25.3 Å². The molecule has 0 unspecified atom stereocenters. The summed E-state index contributed by atoms with van der Waals surface area (Å²) in [5.41, 5.74) is 1.97. The Hall–Kier alpha value is -2.34. The van der Waals surface area contributed by atoms with Gasteiger partial charge >= 0.3 is 0 Å². The van der Waals surface area contributed by atoms with Gasteiger partial charge in [0.2, 0.25) is 5.76 Å². The predicted octanol–water partition coefficient (Wildman–Crippen LogP) is 2.29. The number of aromatic nitrogens is 1. The molecular weight excluding hydrogens is 284 g/mol. The summed E-state index contributed by atoms with van der Waals surface area (Å²) in [6.07, 6.45) is 0.755. The third kappa shape index (κ3) is 2.69. The molecule has 1 atom stereocenters. The second kappa shape index (κ2) is 6.19. The van der Waals surface area contributed by atoms with E-state index in [4.69, 9.17) is 14.0 Å². The Morgan fingerprint density at radius 1 is 1.45 bits per heavy atom. The first-order chi connectivity index (χ1) is 10.7. The fourth-order valence-corrected chi connectivity index (χ4v) is 2.62. The van der Waals surface area contributed by atoms with Crippen LogP contribution in [-0.4, -0.2) is 37.4 Å². The lowest BCUT2D eigenvalue weighted by Gasteiger charge is -2.33. The second-order valence-electron chi connectivity index (χ2n) is 5.07. The molecule has 1 aliphatic rings. The minimum absolute atomic E-state index is 0.0341. The van der Waals surface area contributed by atoms with E-state index in [0.717, 1.165) is 17.7 Å². The van der Waals surface area contributed by atoms with Crippen molar-refractivity contribution in [2.24, 2.45) is 0 Å². The molecule has 0 spiro atoms. The average Bonchev–Trinajstić information content (AvgIpc) is 3.02. The molecule has 6 nitrogen and oxygen atoms in total. The monoisotopic (exact) mass is 302 g/mol. The van der Waals surface area contributed by atoms with Gasteiger partial charge in [0.1, 0.15) is 0 Å². The van der Waals surface area contributed by atoms with Crippen LogP contribution in [0.5, 0.6) is 5.88 Å². The quantitative estimate of drug-likeness (QED) is 0.867. The van der Waals surface area contributed by atoms with E-state index in [0.29, 0.717) is 19.0 Å². The maximum absolute atomic E-state index is 12.7. The summed E-state index contributed by atoms with van der Waals surface area (Å²) in [5, 5.41) is 3.74. The number of carbonyl (C=O) groups excluding carboxylic acids is 1. The maximum atomic E-state index is 12.7. The van der Waals surface area contributed by atoms with Crippen LogP contribution >= 0.6 is 0 Å². The Kier molecular flexibility index (Phi) is 4.11. The summed E-state index contributed by atoms with van der Waals surface area (Å²) >= 11 is 0. The van der Waals surface area contributed by atoms with Gasteiger partial charge in [-0.05, 0) is 23.7 Å². The van der Waals surface area contributed by atoms with E-state index in [1.165, 1.54) is 6.07 Å². The number of amides is 1. The van der Waals surface area contributed by atoms with Crippen molar-refractivity contribution in [2.75, 3.05) is 25.2 Å². The van der Waals surface area contributed by atoms with E-state index in [1.54, 1.807) is 12.0 Å². The zero-order chi connectivity index (χ0) is 15.5. The molecule has 1 aliphatic heterocycles. The number of methoxy groups -OCH3 is 1. The minimum atomic E-state index is -0.243. The van der Waals surface area contributed by atoms with Crippen molar-refractivity contribution in [3.63, 3.8) is 0 Å². The van der Waals surface area contributed by atoms with Gasteiger partial charge in [0.25, 0.3) is 11.8 Å². The fraction of sp³-hybridized carbons (Fsp3) is 0.375. The van der Waals surface area contributed by atoms with Crippen molar-refractivity contribution in [1.82, 2.24) is 5.16 Å². The minimum Gasteiger partial charge on any atom is -0.476 e. The van der Waals surface area contributed by atoms with Gasteiger partial charge in [0, 0.05) is 19.2 Å². The standard InChI is InChI=1S/C16H18N2O4/c1-3-21-15-9-14(22-17-15)16(19)18-10-12(20-2)8-11-6-4-5-7-13(11)18/h4-7,9,12H,3,8,10H2,1-2H3/t12-/m1/s1. The lowest BCUT2D eigenvalue weighted by atomic mass is 9.99. The Morgan fingerprint density at radius 2 is 2.27 bits per heavy atom. The van der Waals surface area contributed by atoms with Crippen LogP contribution in [0.2, 0.25) is 0 Å². The number of para-hydroxylation sites is 1. The van der Waals surface area contributed by atoms with Crippen LogP contribution in [0.4, 0.5) is 5.69 Å². The number of benzene rings is 1. The molecule has 1 amide bonds. The van der Waals surface area contributed by atoms with Crippen molar-refractivity contribution in [2.45, 2.75) is 19.4 Å². The third-order valence-corrected chi connectivity index (χ3v) is 3.69. The lowest BCUT2D eigenvalue weighted by Crippen LogP contribution is -2.43. The molecule has 1 aromatic heterocycles. The summed E-state index contributed by atoms with van der Waals surface area (Å²) in [7, 11) is 1.66. The number of fused-ring (bicyclic) bond motifs is 1. The van der Waals surface area contributed by atoms with Crippen LogP contribution in [0.3, 0.4) is 0 Å². The highest BCUT2D eigenvalue weighted by molar-refractivity contribution is 6.05. The number of nitrogens with zero attached hydrogens (tertiary/aromatic N) is 2. The molecule has 0 aliphatic carbocycles. The van der Waals surface area contributed by atoms with Crippen molar-refractivity contribution in [3.8, 4) is 5.88 Å². The van der Waals surface area contributed by atoms with Crippen LogP contribution < -0.4 is 9.64 Å². The van der Waals surface area contributed by atoms with E-state index < -0.39 is 0 Å². The molecular formula is C16H18N2O4. The van der Waals surface area contributed by atoms with Gasteiger partial charge < -0.3 is 18.9 Å². The van der Waals surface area contributed by atoms with Gasteiger partial charge in [-0.1, -0.05) is 18.2 Å². The molecule has 6 heteroatoms. The smallest absolute Gasteiger partial charge is 0.297 e. The van der Waals surface area contributed by atoms with Crippen LogP contribution in [-0.2, 0) is 11.2 Å². The molecule has 2 heterocycles. The predicted molar refractivity (Wildman–Crippen MR) is 80.3 cm³/mol. The first kappa shape index (κ1) is 14.6. The highest BCUT2D eigenvalue weighted by atomic mass is 16.5. The number of rotatable bonds is 4. The van der Waals surface area contributed by atoms with Gasteiger partial charge in [-0.3, -0.25) is 4.79 Å². The van der Waals surface area contributed by atoms with E-state index in [2.05, 4.69) is 5.16 Å². The summed E-state index contributed by atoms with van der Waals surface area (Å²) in [5.74, 6) is 0.238. The van der Waals surface area contributed by atoms with Gasteiger partial charge in [-0.2, -0.15) is 0 Å². The van der Waals surface area contributed by atoms with Crippen LogP contribution in [0.15, 0.2) is 34.9 Å². The Labute approximate surface area is 128 Å². The SMILES string of the molecule is CCOc1cc(C(=O)N2C[C@H](OC)Cc3ccccc32)on1. The van der Waals surface area contributed by atoms with E-state index >= 15 is 0 Å². The fourth-order valence-electron chi connectivity index (χ4n) is 2.62. The van der Waals surface area contributed by atoms with Crippen LogP contribution in [0, 0.1) is 0 Å². The molecule has 3 rings (SSSR count). The average molecular weight is 302 g/mol. The number of hydrogen-bond acceptors (Lipinski definition) is 5. The number of carbonyl (C=O) groups is 1. The summed E-state index contributed by atoms with van der Waals surface area (Å²) in [6.45, 7) is 2.80. The second-order valence-corrected chi connectivity index (χ2v) is 5.07. The molecule has 0 saturated heterocycles. The Balaban J connectivity index is 1.90. The molecule has 0 saturated carbocycles. The molecule has 2 aromatic rings.